The Morgan fingerprint density at radius 3 is 2.71 bits per heavy atom. The Hall–Kier alpha value is -3.36. The number of rotatable bonds is 6. The van der Waals surface area contributed by atoms with Crippen molar-refractivity contribution in [1.29, 1.82) is 0 Å². The van der Waals surface area contributed by atoms with Crippen LogP contribution in [0, 0.1) is 0 Å². The number of halogens is 1. The summed E-state index contributed by atoms with van der Waals surface area (Å²) in [5.41, 5.74) is 1.21. The lowest BCUT2D eigenvalue weighted by atomic mass is 10.1. The van der Waals surface area contributed by atoms with Crippen molar-refractivity contribution < 1.29 is 23.8 Å². The predicted molar refractivity (Wildman–Crippen MR) is 120 cm³/mol. The second kappa shape index (κ2) is 8.79. The molecule has 4 rings (SSSR count). The largest absolute Gasteiger partial charge is 0.495 e. The second-order valence-corrected chi connectivity index (χ2v) is 8.14. The first-order chi connectivity index (χ1) is 14.9. The topological polar surface area (TPSA) is 101 Å². The molecule has 1 atom stereocenters. The number of thioether (sulfide) groups is 1. The van der Waals surface area contributed by atoms with Gasteiger partial charge in [-0.15, -0.1) is 0 Å². The minimum absolute atomic E-state index is 0.201. The first kappa shape index (κ1) is 20.9. The molecule has 0 bridgehead atoms. The van der Waals surface area contributed by atoms with Crippen LogP contribution in [0.15, 0.2) is 63.9 Å². The van der Waals surface area contributed by atoms with Crippen LogP contribution in [-0.4, -0.2) is 29.6 Å². The Bertz CT molecular complexity index is 1170. The molecule has 3 N–H and O–H groups in total. The predicted octanol–water partition coefficient (Wildman–Crippen LogP) is 4.91. The standard InChI is InChI=1S/C22H17ClN2O5S/c1-29-18-8-6-14(23)10-16(18)24-22-25-20(26)19(31-22)11-15-7-9-17(30-15)12-2-4-13(5-3-12)21(27)28/h2-11,22,24H,1H3,(H,25,26)(H,27,28)/b19-11-. The van der Waals surface area contributed by atoms with Crippen molar-refractivity contribution in [2.75, 3.05) is 12.4 Å². The summed E-state index contributed by atoms with van der Waals surface area (Å²) in [5.74, 6) is 0.481. The molecule has 1 aromatic heterocycles. The van der Waals surface area contributed by atoms with E-state index in [-0.39, 0.29) is 11.5 Å². The zero-order valence-corrected chi connectivity index (χ0v) is 17.8. The molecule has 1 unspecified atom stereocenters. The molecule has 7 nitrogen and oxygen atoms in total. The van der Waals surface area contributed by atoms with Gasteiger partial charge in [0.15, 0.2) is 5.50 Å². The van der Waals surface area contributed by atoms with Gasteiger partial charge in [0, 0.05) is 16.7 Å². The maximum atomic E-state index is 12.4. The van der Waals surface area contributed by atoms with Crippen LogP contribution in [-0.2, 0) is 4.79 Å². The van der Waals surface area contributed by atoms with Crippen LogP contribution < -0.4 is 15.4 Å². The lowest BCUT2D eigenvalue weighted by Crippen LogP contribution is -2.31. The Morgan fingerprint density at radius 2 is 2.00 bits per heavy atom. The molecule has 0 radical (unpaired) electrons. The average molecular weight is 457 g/mol. The molecule has 0 aliphatic carbocycles. The monoisotopic (exact) mass is 456 g/mol. The van der Waals surface area contributed by atoms with Crippen LogP contribution in [0.25, 0.3) is 17.4 Å². The molecule has 1 amide bonds. The van der Waals surface area contributed by atoms with Crippen LogP contribution >= 0.6 is 23.4 Å². The number of carbonyl (C=O) groups is 2. The maximum absolute atomic E-state index is 12.4. The lowest BCUT2D eigenvalue weighted by molar-refractivity contribution is -0.116. The summed E-state index contributed by atoms with van der Waals surface area (Å²) in [5, 5.41) is 15.6. The van der Waals surface area contributed by atoms with E-state index in [9.17, 15) is 9.59 Å². The van der Waals surface area contributed by atoms with Gasteiger partial charge in [0.2, 0.25) is 0 Å². The van der Waals surface area contributed by atoms with Gasteiger partial charge >= 0.3 is 5.97 Å². The maximum Gasteiger partial charge on any atom is 0.335 e. The van der Waals surface area contributed by atoms with E-state index in [1.165, 1.54) is 23.9 Å². The molecule has 1 aliphatic heterocycles. The van der Waals surface area contributed by atoms with E-state index in [2.05, 4.69) is 10.6 Å². The minimum Gasteiger partial charge on any atom is -0.495 e. The number of carboxylic acids is 1. The van der Waals surface area contributed by atoms with E-state index >= 15 is 0 Å². The highest BCUT2D eigenvalue weighted by molar-refractivity contribution is 8.05. The molecule has 2 aromatic carbocycles. The van der Waals surface area contributed by atoms with Crippen molar-refractivity contribution in [1.82, 2.24) is 5.32 Å². The smallest absolute Gasteiger partial charge is 0.335 e. The van der Waals surface area contributed by atoms with Gasteiger partial charge in [-0.3, -0.25) is 4.79 Å². The van der Waals surface area contributed by atoms with E-state index in [0.29, 0.717) is 32.9 Å². The number of nitrogens with one attached hydrogen (secondary N) is 2. The highest BCUT2D eigenvalue weighted by Gasteiger charge is 2.28. The average Bonchev–Trinajstić information content (AvgIpc) is 3.35. The zero-order valence-electron chi connectivity index (χ0n) is 16.2. The fourth-order valence-corrected chi connectivity index (χ4v) is 4.12. The van der Waals surface area contributed by atoms with Gasteiger partial charge in [0.25, 0.3) is 5.91 Å². The van der Waals surface area contributed by atoms with Crippen LogP contribution in [0.5, 0.6) is 5.75 Å². The Morgan fingerprint density at radius 1 is 1.23 bits per heavy atom. The SMILES string of the molecule is COc1ccc(Cl)cc1NC1NC(=O)/C(=C/c2ccc(-c3ccc(C(=O)O)cc3)o2)S1. The van der Waals surface area contributed by atoms with Crippen LogP contribution in [0.2, 0.25) is 5.02 Å². The van der Waals surface area contributed by atoms with Crippen molar-refractivity contribution in [3.63, 3.8) is 0 Å². The summed E-state index contributed by atoms with van der Waals surface area (Å²) in [6.45, 7) is 0. The molecule has 9 heteroatoms. The number of methoxy groups -OCH3 is 1. The lowest BCUT2D eigenvalue weighted by Gasteiger charge is -2.15. The first-order valence-electron chi connectivity index (χ1n) is 9.16. The van der Waals surface area contributed by atoms with Gasteiger partial charge in [-0.25, -0.2) is 4.79 Å². The molecular weight excluding hydrogens is 440 g/mol. The van der Waals surface area contributed by atoms with Gasteiger partial charge in [0.1, 0.15) is 17.3 Å². The number of ether oxygens (including phenoxy) is 1. The molecule has 0 spiro atoms. The number of aromatic carboxylic acids is 1. The van der Waals surface area contributed by atoms with E-state index in [0.717, 1.165) is 5.56 Å². The minimum atomic E-state index is -0.987. The fraction of sp³-hybridized carbons (Fsp3) is 0.0909. The number of furan rings is 1. The third-order valence-corrected chi connectivity index (χ3v) is 5.76. The Labute approximate surface area is 187 Å². The summed E-state index contributed by atoms with van der Waals surface area (Å²) in [6, 6.07) is 15.1. The third-order valence-electron chi connectivity index (χ3n) is 4.50. The van der Waals surface area contributed by atoms with Crippen molar-refractivity contribution in [3.05, 3.63) is 75.8 Å². The second-order valence-electron chi connectivity index (χ2n) is 6.55. The molecule has 1 aliphatic rings. The van der Waals surface area contributed by atoms with Crippen molar-refractivity contribution in [2.45, 2.75) is 5.50 Å². The third kappa shape index (κ3) is 4.70. The van der Waals surface area contributed by atoms with E-state index in [1.54, 1.807) is 55.7 Å². The number of hydrogen-bond donors (Lipinski definition) is 3. The van der Waals surface area contributed by atoms with Gasteiger partial charge in [0.05, 0.1) is 23.3 Å². The number of carbonyl (C=O) groups excluding carboxylic acids is 1. The fourth-order valence-electron chi connectivity index (χ4n) is 2.99. The number of anilines is 1. The Kier molecular flexibility index (Phi) is 5.92. The summed E-state index contributed by atoms with van der Waals surface area (Å²) in [6.07, 6.45) is 1.66. The zero-order chi connectivity index (χ0) is 22.0. The highest BCUT2D eigenvalue weighted by atomic mass is 35.5. The number of carboxylic acid groups (broad SMARTS) is 1. The van der Waals surface area contributed by atoms with E-state index < -0.39 is 11.5 Å². The molecule has 0 saturated carbocycles. The van der Waals surface area contributed by atoms with Gasteiger partial charge in [-0.05, 0) is 42.5 Å². The number of amides is 1. The van der Waals surface area contributed by atoms with Gasteiger partial charge < -0.3 is 24.9 Å². The van der Waals surface area contributed by atoms with Crippen molar-refractivity contribution in [3.8, 4) is 17.1 Å². The van der Waals surface area contributed by atoms with Crippen molar-refractivity contribution >= 4 is 47.0 Å². The quantitative estimate of drug-likeness (QED) is 0.453. The summed E-state index contributed by atoms with van der Waals surface area (Å²) in [4.78, 5) is 23.9. The molecule has 2 heterocycles. The van der Waals surface area contributed by atoms with E-state index in [1.807, 2.05) is 0 Å². The van der Waals surface area contributed by atoms with Gasteiger partial charge in [-0.2, -0.15) is 0 Å². The number of benzene rings is 2. The van der Waals surface area contributed by atoms with Crippen LogP contribution in [0.3, 0.4) is 0 Å². The Balaban J connectivity index is 1.48. The van der Waals surface area contributed by atoms with Gasteiger partial charge in [-0.1, -0.05) is 35.5 Å². The molecular formula is C22H17ClN2O5S. The summed E-state index contributed by atoms with van der Waals surface area (Å²) < 4.78 is 11.1. The van der Waals surface area contributed by atoms with Crippen molar-refractivity contribution in [2.24, 2.45) is 0 Å². The first-order valence-corrected chi connectivity index (χ1v) is 10.4. The van der Waals surface area contributed by atoms with Crippen LogP contribution in [0.1, 0.15) is 16.1 Å². The molecule has 158 valence electrons. The van der Waals surface area contributed by atoms with Crippen LogP contribution in [0.4, 0.5) is 5.69 Å². The highest BCUT2D eigenvalue weighted by Crippen LogP contribution is 2.35. The van der Waals surface area contributed by atoms with E-state index in [4.69, 9.17) is 25.9 Å². The molecule has 3 aromatic rings. The number of hydrogen-bond acceptors (Lipinski definition) is 6. The summed E-state index contributed by atoms with van der Waals surface area (Å²) >= 11 is 7.37. The molecule has 1 saturated heterocycles. The normalized spacial score (nSPS) is 16.9. The molecule has 31 heavy (non-hydrogen) atoms. The molecule has 1 fully saturated rings. The summed E-state index contributed by atoms with van der Waals surface area (Å²) in [7, 11) is 1.56.